The predicted molar refractivity (Wildman–Crippen MR) is 87.9 cm³/mol. The minimum Gasteiger partial charge on any atom is -0.486 e. The highest BCUT2D eigenvalue weighted by molar-refractivity contribution is 9.13. The first-order valence-corrected chi connectivity index (χ1v) is 8.95. The molecule has 2 aromatic rings. The maximum absolute atomic E-state index is 5.62. The van der Waals surface area contributed by atoms with Crippen molar-refractivity contribution in [2.75, 3.05) is 13.2 Å². The van der Waals surface area contributed by atoms with Crippen LogP contribution in [0.4, 0.5) is 0 Å². The number of ether oxygens (including phenoxy) is 2. The van der Waals surface area contributed by atoms with E-state index in [0.29, 0.717) is 13.2 Å². The van der Waals surface area contributed by atoms with E-state index in [-0.39, 0.29) is 4.83 Å². The van der Waals surface area contributed by atoms with Gasteiger partial charge in [0.05, 0.1) is 8.61 Å². The summed E-state index contributed by atoms with van der Waals surface area (Å²) in [4.78, 5) is 1.38. The van der Waals surface area contributed by atoms with Gasteiger partial charge in [-0.3, -0.25) is 0 Å². The molecule has 1 aliphatic rings. The van der Waals surface area contributed by atoms with Crippen molar-refractivity contribution in [2.45, 2.75) is 4.83 Å². The van der Waals surface area contributed by atoms with Gasteiger partial charge in [0.2, 0.25) is 0 Å². The van der Waals surface area contributed by atoms with Gasteiger partial charge in [0, 0.05) is 9.35 Å². The fourth-order valence-electron chi connectivity index (χ4n) is 1.87. The molecule has 19 heavy (non-hydrogen) atoms. The maximum atomic E-state index is 5.62. The first kappa shape index (κ1) is 13.9. The molecule has 0 radical (unpaired) electrons. The van der Waals surface area contributed by atoms with Gasteiger partial charge in [-0.05, 0) is 55.6 Å². The number of fused-ring (bicyclic) bond motifs is 1. The summed E-state index contributed by atoms with van der Waals surface area (Å²) in [6.07, 6.45) is 0. The lowest BCUT2D eigenvalue weighted by atomic mass is 10.1. The van der Waals surface area contributed by atoms with Gasteiger partial charge >= 0.3 is 0 Å². The molecule has 0 saturated heterocycles. The molecule has 0 bridgehead atoms. The Morgan fingerprint density at radius 2 is 1.79 bits per heavy atom. The normalized spacial score (nSPS) is 15.3. The van der Waals surface area contributed by atoms with Crippen LogP contribution in [-0.2, 0) is 0 Å². The fraction of sp³-hybridized carbons (Fsp3) is 0.231. The van der Waals surface area contributed by atoms with Gasteiger partial charge in [-0.2, -0.15) is 0 Å². The monoisotopic (exact) mass is 466 g/mol. The molecule has 1 unspecified atom stereocenters. The Balaban J connectivity index is 1.93. The predicted octanol–water partition coefficient (Wildman–Crippen LogP) is 5.53. The summed E-state index contributed by atoms with van der Waals surface area (Å²) in [5, 5.41) is 0. The summed E-state index contributed by atoms with van der Waals surface area (Å²) in [6, 6.07) is 8.19. The van der Waals surface area contributed by atoms with Crippen LogP contribution in [0, 0.1) is 0 Å². The smallest absolute Gasteiger partial charge is 0.161 e. The lowest BCUT2D eigenvalue weighted by Gasteiger charge is -2.19. The Morgan fingerprint density at radius 1 is 1.05 bits per heavy atom. The van der Waals surface area contributed by atoms with Crippen molar-refractivity contribution >= 4 is 59.1 Å². The van der Waals surface area contributed by atoms with E-state index in [9.17, 15) is 0 Å². The summed E-state index contributed by atoms with van der Waals surface area (Å²) in [6.45, 7) is 1.23. The minimum atomic E-state index is 0.149. The number of benzene rings is 1. The summed E-state index contributed by atoms with van der Waals surface area (Å²) in [5.41, 5.74) is 1.16. The molecule has 1 atom stereocenters. The lowest BCUT2D eigenvalue weighted by Crippen LogP contribution is -2.15. The van der Waals surface area contributed by atoms with Crippen LogP contribution in [0.5, 0.6) is 11.5 Å². The number of halogens is 3. The molecule has 2 heterocycles. The molecule has 0 saturated carbocycles. The van der Waals surface area contributed by atoms with Crippen LogP contribution >= 0.6 is 59.1 Å². The molecule has 0 N–H and O–H groups in total. The second-order valence-corrected chi connectivity index (χ2v) is 8.21. The van der Waals surface area contributed by atoms with E-state index in [1.54, 1.807) is 11.3 Å². The zero-order chi connectivity index (χ0) is 13.4. The summed E-state index contributed by atoms with van der Waals surface area (Å²) in [7, 11) is 0. The third-order valence-corrected chi connectivity index (χ3v) is 7.42. The van der Waals surface area contributed by atoms with E-state index in [2.05, 4.69) is 59.9 Å². The Hall–Kier alpha value is -0.0400. The molecule has 6 heteroatoms. The SMILES string of the molecule is Brc1cc(C(Br)c2ccc3c(c2)OCCO3)sc1Br. The van der Waals surface area contributed by atoms with Crippen LogP contribution in [0.1, 0.15) is 15.3 Å². The minimum absolute atomic E-state index is 0.149. The van der Waals surface area contributed by atoms with E-state index in [0.717, 1.165) is 25.3 Å². The average molecular weight is 469 g/mol. The Bertz CT molecular complexity index is 592. The number of alkyl halides is 1. The van der Waals surface area contributed by atoms with Crippen LogP contribution in [0.2, 0.25) is 0 Å². The molecule has 100 valence electrons. The first-order valence-electron chi connectivity index (χ1n) is 5.63. The van der Waals surface area contributed by atoms with Crippen molar-refractivity contribution in [1.29, 1.82) is 0 Å². The number of rotatable bonds is 2. The van der Waals surface area contributed by atoms with Gasteiger partial charge in [0.25, 0.3) is 0 Å². The average Bonchev–Trinajstić information content (AvgIpc) is 2.77. The zero-order valence-corrected chi connectivity index (χ0v) is 15.2. The molecule has 0 fully saturated rings. The van der Waals surface area contributed by atoms with Crippen molar-refractivity contribution < 1.29 is 9.47 Å². The van der Waals surface area contributed by atoms with Crippen LogP contribution in [0.15, 0.2) is 32.5 Å². The van der Waals surface area contributed by atoms with Crippen molar-refractivity contribution in [1.82, 2.24) is 0 Å². The molecule has 0 amide bonds. The molecule has 1 aromatic carbocycles. The second-order valence-electron chi connectivity index (χ2n) is 4.04. The zero-order valence-electron chi connectivity index (χ0n) is 9.66. The van der Waals surface area contributed by atoms with Gasteiger partial charge in [-0.1, -0.05) is 22.0 Å². The third-order valence-electron chi connectivity index (χ3n) is 2.77. The van der Waals surface area contributed by atoms with Crippen LogP contribution in [-0.4, -0.2) is 13.2 Å². The van der Waals surface area contributed by atoms with Crippen molar-refractivity contribution in [3.05, 3.63) is 43.0 Å². The maximum Gasteiger partial charge on any atom is 0.161 e. The van der Waals surface area contributed by atoms with Gasteiger partial charge in [0.15, 0.2) is 11.5 Å². The first-order chi connectivity index (χ1) is 9.15. The van der Waals surface area contributed by atoms with E-state index in [1.807, 2.05) is 12.1 Å². The van der Waals surface area contributed by atoms with E-state index >= 15 is 0 Å². The highest BCUT2D eigenvalue weighted by atomic mass is 79.9. The highest BCUT2D eigenvalue weighted by Gasteiger charge is 2.18. The Morgan fingerprint density at radius 3 is 2.47 bits per heavy atom. The van der Waals surface area contributed by atoms with Crippen LogP contribution < -0.4 is 9.47 Å². The molecule has 2 nitrogen and oxygen atoms in total. The molecular formula is C13H9Br3O2S. The van der Waals surface area contributed by atoms with Crippen LogP contribution in [0.25, 0.3) is 0 Å². The van der Waals surface area contributed by atoms with Crippen molar-refractivity contribution in [3.8, 4) is 11.5 Å². The van der Waals surface area contributed by atoms with Gasteiger partial charge in [-0.15, -0.1) is 11.3 Å². The quantitative estimate of drug-likeness (QED) is 0.540. The standard InChI is InChI=1S/C13H9Br3O2S/c14-8-6-11(19-13(8)16)12(15)7-1-2-9-10(5-7)18-4-3-17-9/h1-2,5-6,12H,3-4H2. The van der Waals surface area contributed by atoms with E-state index in [4.69, 9.17) is 9.47 Å². The molecule has 0 spiro atoms. The number of hydrogen-bond donors (Lipinski definition) is 0. The van der Waals surface area contributed by atoms with Gasteiger partial charge in [0.1, 0.15) is 13.2 Å². The largest absolute Gasteiger partial charge is 0.486 e. The number of hydrogen-bond acceptors (Lipinski definition) is 3. The second kappa shape index (κ2) is 5.76. The van der Waals surface area contributed by atoms with Crippen molar-refractivity contribution in [2.24, 2.45) is 0 Å². The molecule has 1 aliphatic heterocycles. The van der Waals surface area contributed by atoms with E-state index < -0.39 is 0 Å². The molecule has 0 aliphatic carbocycles. The van der Waals surface area contributed by atoms with Crippen molar-refractivity contribution in [3.63, 3.8) is 0 Å². The van der Waals surface area contributed by atoms with E-state index in [1.165, 1.54) is 4.88 Å². The summed E-state index contributed by atoms with van der Waals surface area (Å²) in [5.74, 6) is 1.64. The topological polar surface area (TPSA) is 18.5 Å². The number of thiophene rings is 1. The lowest BCUT2D eigenvalue weighted by molar-refractivity contribution is 0.171. The molecule has 3 rings (SSSR count). The highest BCUT2D eigenvalue weighted by Crippen LogP contribution is 2.43. The fourth-order valence-corrected chi connectivity index (χ4v) is 4.66. The Kier molecular flexibility index (Phi) is 4.22. The summed E-state index contributed by atoms with van der Waals surface area (Å²) >= 11 is 12.5. The molecular weight excluding hydrogens is 460 g/mol. The van der Waals surface area contributed by atoms with Gasteiger partial charge in [-0.25, -0.2) is 0 Å². The van der Waals surface area contributed by atoms with Crippen LogP contribution in [0.3, 0.4) is 0 Å². The van der Waals surface area contributed by atoms with Gasteiger partial charge < -0.3 is 9.47 Å². The molecule has 1 aromatic heterocycles. The Labute approximate surface area is 140 Å². The summed E-state index contributed by atoms with van der Waals surface area (Å²) < 4.78 is 13.3. The third kappa shape index (κ3) is 2.86.